The number of hydrogen-bond donors (Lipinski definition) is 2. The summed E-state index contributed by atoms with van der Waals surface area (Å²) in [6, 6.07) is 6.71. The first kappa shape index (κ1) is 14.8. The van der Waals surface area contributed by atoms with Crippen LogP contribution in [0.2, 0.25) is 0 Å². The molecule has 0 spiro atoms. The van der Waals surface area contributed by atoms with Gasteiger partial charge < -0.3 is 15.1 Å². The summed E-state index contributed by atoms with van der Waals surface area (Å²) in [5.41, 5.74) is 1.09. The summed E-state index contributed by atoms with van der Waals surface area (Å²) in [4.78, 5) is 27.1. The van der Waals surface area contributed by atoms with Gasteiger partial charge in [-0.25, -0.2) is 0 Å². The predicted octanol–water partition coefficient (Wildman–Crippen LogP) is 1.60. The third-order valence-corrected chi connectivity index (χ3v) is 2.81. The van der Waals surface area contributed by atoms with Crippen LogP contribution in [0, 0.1) is 0 Å². The Hall–Kier alpha value is -2.63. The van der Waals surface area contributed by atoms with Crippen molar-refractivity contribution in [1.82, 2.24) is 15.6 Å². The first-order valence-corrected chi connectivity index (χ1v) is 6.61. The number of furan rings is 1. The lowest BCUT2D eigenvalue weighted by atomic mass is 10.2. The Balaban J connectivity index is 2.00. The van der Waals surface area contributed by atoms with Gasteiger partial charge in [-0.2, -0.15) is 0 Å². The minimum absolute atomic E-state index is 0.124. The van der Waals surface area contributed by atoms with Crippen molar-refractivity contribution in [2.24, 2.45) is 0 Å². The van der Waals surface area contributed by atoms with Crippen molar-refractivity contribution in [2.45, 2.75) is 19.9 Å². The van der Waals surface area contributed by atoms with Gasteiger partial charge in [0.05, 0.1) is 6.26 Å². The topological polar surface area (TPSA) is 84.2 Å². The second-order valence-electron chi connectivity index (χ2n) is 4.72. The molecule has 6 nitrogen and oxygen atoms in total. The van der Waals surface area contributed by atoms with Crippen LogP contribution in [0.4, 0.5) is 0 Å². The molecule has 0 aliphatic heterocycles. The van der Waals surface area contributed by atoms with Gasteiger partial charge in [-0.05, 0) is 31.2 Å². The maximum Gasteiger partial charge on any atom is 0.251 e. The van der Waals surface area contributed by atoms with Crippen molar-refractivity contribution >= 4 is 11.8 Å². The standard InChI is InChI=1S/C15H17N3O3/c1-10(18-11(2)19)9-17-15(20)12-5-6-16-13(8-12)14-4-3-7-21-14/h3-8,10H,9H2,1-2H3,(H,17,20)(H,18,19)/t10-/m0/s1. The fraction of sp³-hybridized carbons (Fsp3) is 0.267. The van der Waals surface area contributed by atoms with Crippen LogP contribution in [-0.2, 0) is 4.79 Å². The van der Waals surface area contributed by atoms with Crippen LogP contribution in [0.1, 0.15) is 24.2 Å². The van der Waals surface area contributed by atoms with Crippen LogP contribution in [-0.4, -0.2) is 29.4 Å². The van der Waals surface area contributed by atoms with Gasteiger partial charge in [-0.15, -0.1) is 0 Å². The highest BCUT2D eigenvalue weighted by molar-refractivity contribution is 5.95. The molecule has 0 aliphatic carbocycles. The number of nitrogens with zero attached hydrogens (tertiary/aromatic N) is 1. The first-order valence-electron chi connectivity index (χ1n) is 6.61. The highest BCUT2D eigenvalue weighted by Gasteiger charge is 2.11. The second-order valence-corrected chi connectivity index (χ2v) is 4.72. The molecule has 2 aromatic heterocycles. The largest absolute Gasteiger partial charge is 0.463 e. The van der Waals surface area contributed by atoms with Crippen molar-refractivity contribution < 1.29 is 14.0 Å². The summed E-state index contributed by atoms with van der Waals surface area (Å²) in [5, 5.41) is 5.47. The number of aromatic nitrogens is 1. The number of carbonyl (C=O) groups is 2. The quantitative estimate of drug-likeness (QED) is 0.874. The van der Waals surface area contributed by atoms with E-state index in [4.69, 9.17) is 4.42 Å². The molecule has 110 valence electrons. The summed E-state index contributed by atoms with van der Waals surface area (Å²) < 4.78 is 5.25. The normalized spacial score (nSPS) is 11.7. The number of nitrogens with one attached hydrogen (secondary N) is 2. The molecule has 0 unspecified atom stereocenters. The Morgan fingerprint density at radius 2 is 2.19 bits per heavy atom. The van der Waals surface area contributed by atoms with Crippen LogP contribution < -0.4 is 10.6 Å². The van der Waals surface area contributed by atoms with Gasteiger partial charge >= 0.3 is 0 Å². The lowest BCUT2D eigenvalue weighted by molar-refractivity contribution is -0.119. The van der Waals surface area contributed by atoms with Gasteiger partial charge in [0.2, 0.25) is 5.91 Å². The lowest BCUT2D eigenvalue weighted by Gasteiger charge is -2.13. The van der Waals surface area contributed by atoms with E-state index >= 15 is 0 Å². The number of amides is 2. The number of rotatable bonds is 5. The van der Waals surface area contributed by atoms with Crippen LogP contribution in [0.5, 0.6) is 0 Å². The highest BCUT2D eigenvalue weighted by Crippen LogP contribution is 2.17. The molecule has 2 amide bonds. The van der Waals surface area contributed by atoms with Crippen LogP contribution in [0.3, 0.4) is 0 Å². The van der Waals surface area contributed by atoms with E-state index in [9.17, 15) is 9.59 Å². The molecule has 0 bridgehead atoms. The minimum Gasteiger partial charge on any atom is -0.463 e. The molecule has 6 heteroatoms. The van der Waals surface area contributed by atoms with Crippen LogP contribution in [0.25, 0.3) is 11.5 Å². The molecule has 0 saturated heterocycles. The van der Waals surface area contributed by atoms with E-state index < -0.39 is 0 Å². The zero-order valence-corrected chi connectivity index (χ0v) is 11.9. The zero-order chi connectivity index (χ0) is 15.2. The molecule has 21 heavy (non-hydrogen) atoms. The Labute approximate surface area is 122 Å². The van der Waals surface area contributed by atoms with E-state index in [1.54, 1.807) is 36.7 Å². The monoisotopic (exact) mass is 287 g/mol. The second kappa shape index (κ2) is 6.69. The fourth-order valence-corrected chi connectivity index (χ4v) is 1.88. The summed E-state index contributed by atoms with van der Waals surface area (Å²) >= 11 is 0. The molecule has 0 aliphatic rings. The molecule has 0 saturated carbocycles. The Bertz CT molecular complexity index is 623. The van der Waals surface area contributed by atoms with Crippen molar-refractivity contribution in [3.05, 3.63) is 42.3 Å². The molecule has 2 rings (SSSR count). The minimum atomic E-state index is -0.220. The summed E-state index contributed by atoms with van der Waals surface area (Å²) in [5.74, 6) is 0.263. The van der Waals surface area contributed by atoms with Crippen molar-refractivity contribution in [1.29, 1.82) is 0 Å². The van der Waals surface area contributed by atoms with Gasteiger partial charge in [-0.1, -0.05) is 0 Å². The predicted molar refractivity (Wildman–Crippen MR) is 77.6 cm³/mol. The van der Waals surface area contributed by atoms with Gasteiger partial charge in [0.1, 0.15) is 5.69 Å². The molecule has 2 heterocycles. The Morgan fingerprint density at radius 1 is 1.38 bits per heavy atom. The van der Waals surface area contributed by atoms with E-state index in [0.29, 0.717) is 23.6 Å². The highest BCUT2D eigenvalue weighted by atomic mass is 16.3. The number of pyridine rings is 1. The van der Waals surface area contributed by atoms with Gasteiger partial charge in [-0.3, -0.25) is 14.6 Å². The summed E-state index contributed by atoms with van der Waals surface area (Å²) in [7, 11) is 0. The summed E-state index contributed by atoms with van der Waals surface area (Å²) in [6.07, 6.45) is 3.11. The van der Waals surface area contributed by atoms with Crippen LogP contribution in [0.15, 0.2) is 41.1 Å². The molecule has 0 aromatic carbocycles. The molecule has 0 radical (unpaired) electrons. The average Bonchev–Trinajstić information content (AvgIpc) is 2.98. The Kier molecular flexibility index (Phi) is 4.71. The smallest absolute Gasteiger partial charge is 0.251 e. The SMILES string of the molecule is CC(=O)N[C@@H](C)CNC(=O)c1ccnc(-c2ccco2)c1. The van der Waals surface area contributed by atoms with Gasteiger partial charge in [0, 0.05) is 31.3 Å². The van der Waals surface area contributed by atoms with Crippen molar-refractivity contribution in [2.75, 3.05) is 6.54 Å². The van der Waals surface area contributed by atoms with Crippen molar-refractivity contribution in [3.63, 3.8) is 0 Å². The fourth-order valence-electron chi connectivity index (χ4n) is 1.88. The first-order chi connectivity index (χ1) is 10.1. The lowest BCUT2D eigenvalue weighted by Crippen LogP contribution is -2.40. The Morgan fingerprint density at radius 3 is 2.86 bits per heavy atom. The average molecular weight is 287 g/mol. The maximum absolute atomic E-state index is 12.1. The molecular formula is C15H17N3O3. The third-order valence-electron chi connectivity index (χ3n) is 2.81. The molecular weight excluding hydrogens is 270 g/mol. The van der Waals surface area contributed by atoms with E-state index in [0.717, 1.165) is 0 Å². The summed E-state index contributed by atoms with van der Waals surface area (Å²) in [6.45, 7) is 3.62. The van der Waals surface area contributed by atoms with E-state index in [2.05, 4.69) is 15.6 Å². The van der Waals surface area contributed by atoms with Crippen LogP contribution >= 0.6 is 0 Å². The maximum atomic E-state index is 12.1. The molecule has 2 N–H and O–H groups in total. The van der Waals surface area contributed by atoms with Gasteiger partial charge in [0.15, 0.2) is 5.76 Å². The zero-order valence-electron chi connectivity index (χ0n) is 11.9. The number of carbonyl (C=O) groups excluding carboxylic acids is 2. The molecule has 2 aromatic rings. The van der Waals surface area contributed by atoms with E-state index in [-0.39, 0.29) is 17.9 Å². The van der Waals surface area contributed by atoms with Gasteiger partial charge in [0.25, 0.3) is 5.91 Å². The molecule has 0 fully saturated rings. The van der Waals surface area contributed by atoms with E-state index in [1.807, 2.05) is 6.92 Å². The van der Waals surface area contributed by atoms with Crippen molar-refractivity contribution in [3.8, 4) is 11.5 Å². The molecule has 1 atom stereocenters. The third kappa shape index (κ3) is 4.17. The number of hydrogen-bond acceptors (Lipinski definition) is 4. The van der Waals surface area contributed by atoms with E-state index in [1.165, 1.54) is 6.92 Å².